The largest absolute Gasteiger partial charge is 0.384 e. The first kappa shape index (κ1) is 16.4. The highest BCUT2D eigenvalue weighted by atomic mass is 16.3. The predicted octanol–water partition coefficient (Wildman–Crippen LogP) is 3.29. The lowest BCUT2D eigenvalue weighted by Crippen LogP contribution is -2.39. The Kier molecular flexibility index (Phi) is 5.75. The second-order valence-electron chi connectivity index (χ2n) is 6.31. The van der Waals surface area contributed by atoms with E-state index in [2.05, 4.69) is 19.2 Å². The van der Waals surface area contributed by atoms with E-state index >= 15 is 0 Å². The molecule has 0 radical (unpaired) electrons. The molecule has 0 amide bonds. The summed E-state index contributed by atoms with van der Waals surface area (Å²) in [5.74, 6) is 0.498. The molecule has 1 rings (SSSR count). The van der Waals surface area contributed by atoms with Gasteiger partial charge in [-0.05, 0) is 53.9 Å². The van der Waals surface area contributed by atoms with Crippen LogP contribution in [-0.2, 0) is 0 Å². The van der Waals surface area contributed by atoms with Gasteiger partial charge >= 0.3 is 0 Å². The van der Waals surface area contributed by atoms with Gasteiger partial charge in [-0.3, -0.25) is 4.99 Å². The smallest absolute Gasteiger partial charge is 0.103 e. The number of hydrogen-bond donors (Lipinski definition) is 2. The maximum atomic E-state index is 10.5. The molecule has 0 spiro atoms. The quantitative estimate of drug-likeness (QED) is 0.767. The molecular formula is C16H30N2O. The lowest BCUT2D eigenvalue weighted by atomic mass is 9.91. The summed E-state index contributed by atoms with van der Waals surface area (Å²) in [6.07, 6.45) is 3.07. The van der Waals surface area contributed by atoms with Gasteiger partial charge < -0.3 is 10.4 Å². The summed E-state index contributed by atoms with van der Waals surface area (Å²) in [5.41, 5.74) is 2.26. The van der Waals surface area contributed by atoms with Crippen LogP contribution in [0.5, 0.6) is 0 Å². The van der Waals surface area contributed by atoms with Gasteiger partial charge in [0, 0.05) is 24.2 Å². The third-order valence-electron chi connectivity index (χ3n) is 4.21. The Morgan fingerprint density at radius 3 is 2.37 bits per heavy atom. The molecule has 2 N–H and O–H groups in total. The van der Waals surface area contributed by atoms with Crippen molar-refractivity contribution in [1.29, 1.82) is 0 Å². The predicted molar refractivity (Wildman–Crippen MR) is 82.6 cm³/mol. The Labute approximate surface area is 118 Å². The zero-order chi connectivity index (χ0) is 14.6. The standard InChI is InChI=1S/C16H30N2O/c1-7-16(6,19)15(11(2)3)18-13(5)14-9-8-12(4)17-10-14/h12,14,17,19H,7-10H2,1-6H3/t12-,14-,16+/m1/s1. The summed E-state index contributed by atoms with van der Waals surface area (Å²) in [6.45, 7) is 13.2. The van der Waals surface area contributed by atoms with Crippen LogP contribution in [0.2, 0.25) is 0 Å². The fraction of sp³-hybridized carbons (Fsp3) is 0.812. The topological polar surface area (TPSA) is 44.6 Å². The van der Waals surface area contributed by atoms with E-state index in [0.717, 1.165) is 23.5 Å². The van der Waals surface area contributed by atoms with Crippen molar-refractivity contribution in [2.45, 2.75) is 72.4 Å². The van der Waals surface area contributed by atoms with Crippen molar-refractivity contribution < 1.29 is 5.11 Å². The Morgan fingerprint density at radius 1 is 1.32 bits per heavy atom. The highest BCUT2D eigenvalue weighted by molar-refractivity contribution is 5.85. The first-order valence-corrected chi connectivity index (χ1v) is 7.46. The minimum Gasteiger partial charge on any atom is -0.384 e. The molecule has 1 fully saturated rings. The normalized spacial score (nSPS) is 27.8. The number of piperidine rings is 1. The molecule has 1 aliphatic heterocycles. The first-order valence-electron chi connectivity index (χ1n) is 7.46. The third-order valence-corrected chi connectivity index (χ3v) is 4.21. The molecule has 19 heavy (non-hydrogen) atoms. The molecule has 110 valence electrons. The van der Waals surface area contributed by atoms with Gasteiger partial charge in [0.2, 0.25) is 0 Å². The van der Waals surface area contributed by atoms with Crippen molar-refractivity contribution in [2.75, 3.05) is 6.54 Å². The molecule has 1 saturated heterocycles. The van der Waals surface area contributed by atoms with Crippen molar-refractivity contribution >= 4 is 5.71 Å². The summed E-state index contributed by atoms with van der Waals surface area (Å²) in [5, 5.41) is 14.0. The van der Waals surface area contributed by atoms with Gasteiger partial charge in [0.15, 0.2) is 0 Å². The Balaban J connectivity index is 2.89. The monoisotopic (exact) mass is 266 g/mol. The zero-order valence-electron chi connectivity index (χ0n) is 13.4. The third kappa shape index (κ3) is 4.43. The van der Waals surface area contributed by atoms with Gasteiger partial charge in [0.25, 0.3) is 0 Å². The van der Waals surface area contributed by atoms with Crippen molar-refractivity contribution in [3.63, 3.8) is 0 Å². The lowest BCUT2D eigenvalue weighted by molar-refractivity contribution is 0.0920. The highest BCUT2D eigenvalue weighted by Crippen LogP contribution is 2.26. The van der Waals surface area contributed by atoms with Gasteiger partial charge in [-0.1, -0.05) is 12.5 Å². The van der Waals surface area contributed by atoms with Crippen LogP contribution in [0.3, 0.4) is 0 Å². The highest BCUT2D eigenvalue weighted by Gasteiger charge is 2.26. The summed E-state index contributed by atoms with van der Waals surface area (Å²) in [7, 11) is 0. The van der Waals surface area contributed by atoms with Gasteiger partial charge in [0.1, 0.15) is 5.60 Å². The molecule has 0 aromatic rings. The molecule has 0 aliphatic carbocycles. The number of nitrogens with zero attached hydrogens (tertiary/aromatic N) is 1. The van der Waals surface area contributed by atoms with Gasteiger partial charge in [0.05, 0.1) is 5.70 Å². The Bertz CT molecular complexity index is 357. The SMILES string of the molecule is CC[C@](C)(O)C(N=C(C)[C@@H]1CC[C@@H](C)NC1)=C(C)C. The molecule has 1 aliphatic rings. The van der Waals surface area contributed by atoms with E-state index in [1.54, 1.807) is 0 Å². The molecule has 0 aromatic heterocycles. The van der Waals surface area contributed by atoms with E-state index in [-0.39, 0.29) is 0 Å². The molecular weight excluding hydrogens is 236 g/mol. The van der Waals surface area contributed by atoms with E-state index in [4.69, 9.17) is 4.99 Å². The molecule has 3 atom stereocenters. The number of rotatable bonds is 4. The number of allylic oxidation sites excluding steroid dienone is 1. The van der Waals surface area contributed by atoms with Crippen LogP contribution in [-0.4, -0.2) is 29.0 Å². The first-order chi connectivity index (χ1) is 8.77. The van der Waals surface area contributed by atoms with Crippen molar-refractivity contribution in [3.8, 4) is 0 Å². The molecule has 0 bridgehead atoms. The van der Waals surface area contributed by atoms with E-state index in [0.29, 0.717) is 18.4 Å². The fourth-order valence-electron chi connectivity index (χ4n) is 2.56. The number of aliphatic imine (C=N–C) groups is 1. The zero-order valence-corrected chi connectivity index (χ0v) is 13.4. The molecule has 3 nitrogen and oxygen atoms in total. The second kappa shape index (κ2) is 6.67. The van der Waals surface area contributed by atoms with Crippen molar-refractivity contribution in [3.05, 3.63) is 11.3 Å². The maximum Gasteiger partial charge on any atom is 0.103 e. The van der Waals surface area contributed by atoms with Gasteiger partial charge in [-0.2, -0.15) is 0 Å². The Hall–Kier alpha value is -0.670. The molecule has 0 aromatic carbocycles. The van der Waals surface area contributed by atoms with Crippen LogP contribution < -0.4 is 5.32 Å². The lowest BCUT2D eigenvalue weighted by Gasteiger charge is -2.29. The van der Waals surface area contributed by atoms with Gasteiger partial charge in [-0.25, -0.2) is 0 Å². The molecule has 0 saturated carbocycles. The van der Waals surface area contributed by atoms with E-state index in [1.165, 1.54) is 12.8 Å². The van der Waals surface area contributed by atoms with Gasteiger partial charge in [-0.15, -0.1) is 0 Å². The number of nitrogens with one attached hydrogen (secondary N) is 1. The number of hydrogen-bond acceptors (Lipinski definition) is 3. The molecule has 0 unspecified atom stereocenters. The molecule has 1 heterocycles. The second-order valence-corrected chi connectivity index (χ2v) is 6.31. The summed E-state index contributed by atoms with van der Waals surface area (Å²) in [4.78, 5) is 4.77. The van der Waals surface area contributed by atoms with Crippen LogP contribution >= 0.6 is 0 Å². The van der Waals surface area contributed by atoms with E-state index in [1.807, 2.05) is 27.7 Å². The van der Waals surface area contributed by atoms with Crippen LogP contribution in [0.4, 0.5) is 0 Å². The van der Waals surface area contributed by atoms with Crippen molar-refractivity contribution in [2.24, 2.45) is 10.9 Å². The fourth-order valence-corrected chi connectivity index (χ4v) is 2.56. The minimum atomic E-state index is -0.824. The maximum absolute atomic E-state index is 10.5. The molecule has 3 heteroatoms. The minimum absolute atomic E-state index is 0.498. The average molecular weight is 266 g/mol. The van der Waals surface area contributed by atoms with E-state index < -0.39 is 5.60 Å². The van der Waals surface area contributed by atoms with Crippen LogP contribution in [0.25, 0.3) is 0 Å². The average Bonchev–Trinajstić information content (AvgIpc) is 2.35. The summed E-state index contributed by atoms with van der Waals surface area (Å²) >= 11 is 0. The van der Waals surface area contributed by atoms with Crippen LogP contribution in [0, 0.1) is 5.92 Å². The van der Waals surface area contributed by atoms with Crippen molar-refractivity contribution in [1.82, 2.24) is 5.32 Å². The van der Waals surface area contributed by atoms with Crippen LogP contribution in [0.15, 0.2) is 16.3 Å². The number of aliphatic hydroxyl groups is 1. The summed E-state index contributed by atoms with van der Waals surface area (Å²) < 4.78 is 0. The Morgan fingerprint density at radius 2 is 1.95 bits per heavy atom. The summed E-state index contributed by atoms with van der Waals surface area (Å²) in [6, 6.07) is 0.616. The van der Waals surface area contributed by atoms with E-state index in [9.17, 15) is 5.11 Å². The van der Waals surface area contributed by atoms with Crippen LogP contribution in [0.1, 0.15) is 60.8 Å².